The van der Waals surface area contributed by atoms with E-state index in [-0.39, 0.29) is 29.5 Å². The molecular weight excluding hydrogens is 354 g/mol. The van der Waals surface area contributed by atoms with Gasteiger partial charge in [0.2, 0.25) is 0 Å². The van der Waals surface area contributed by atoms with Crippen LogP contribution >= 0.6 is 0 Å². The molecule has 4 atom stereocenters. The first kappa shape index (κ1) is 18.0. The van der Waals surface area contributed by atoms with Crippen LogP contribution in [0, 0.1) is 11.8 Å². The van der Waals surface area contributed by atoms with Crippen molar-refractivity contribution in [1.82, 2.24) is 4.90 Å². The van der Waals surface area contributed by atoms with Gasteiger partial charge in [0, 0.05) is 18.5 Å². The average molecular weight is 383 g/mol. The SMILES string of the molecule is COc1ccc2c3c1OC1C[C@@H](OC(=O)C(C)C4CC4)C=C[C@@]31CCN(C)C2. The topological polar surface area (TPSA) is 48.0 Å². The Morgan fingerprint density at radius 2 is 2.18 bits per heavy atom. The Kier molecular flexibility index (Phi) is 4.20. The highest BCUT2D eigenvalue weighted by molar-refractivity contribution is 5.73. The number of hydrogen-bond donors (Lipinski definition) is 0. The first-order chi connectivity index (χ1) is 13.5. The molecule has 150 valence electrons. The van der Waals surface area contributed by atoms with Crippen molar-refractivity contribution in [3.8, 4) is 11.5 Å². The van der Waals surface area contributed by atoms with Crippen molar-refractivity contribution in [1.29, 1.82) is 0 Å². The van der Waals surface area contributed by atoms with Crippen molar-refractivity contribution in [3.63, 3.8) is 0 Å². The molecule has 1 fully saturated rings. The molecule has 0 aromatic heterocycles. The summed E-state index contributed by atoms with van der Waals surface area (Å²) in [6, 6.07) is 4.18. The maximum Gasteiger partial charge on any atom is 0.309 e. The molecular formula is C23H29NO4. The van der Waals surface area contributed by atoms with Crippen LogP contribution in [0.5, 0.6) is 11.5 Å². The molecule has 5 heteroatoms. The van der Waals surface area contributed by atoms with Crippen LogP contribution < -0.4 is 9.47 Å². The lowest BCUT2D eigenvalue weighted by Gasteiger charge is -2.37. The lowest BCUT2D eigenvalue weighted by Crippen LogP contribution is -2.44. The van der Waals surface area contributed by atoms with E-state index in [0.717, 1.165) is 43.9 Å². The molecule has 0 bridgehead atoms. The molecule has 1 saturated carbocycles. The Balaban J connectivity index is 1.46. The van der Waals surface area contributed by atoms with Gasteiger partial charge in [-0.1, -0.05) is 19.1 Å². The van der Waals surface area contributed by atoms with E-state index in [4.69, 9.17) is 14.2 Å². The van der Waals surface area contributed by atoms with E-state index in [9.17, 15) is 4.79 Å². The highest BCUT2D eigenvalue weighted by Gasteiger charge is 2.53. The van der Waals surface area contributed by atoms with Crippen molar-refractivity contribution >= 4 is 5.97 Å². The number of ether oxygens (including phenoxy) is 3. The first-order valence-electron chi connectivity index (χ1n) is 10.5. The van der Waals surface area contributed by atoms with E-state index in [1.54, 1.807) is 7.11 Å². The van der Waals surface area contributed by atoms with Crippen molar-refractivity contribution in [2.75, 3.05) is 20.7 Å². The zero-order valence-corrected chi connectivity index (χ0v) is 16.9. The summed E-state index contributed by atoms with van der Waals surface area (Å²) in [5.74, 6) is 2.12. The van der Waals surface area contributed by atoms with Gasteiger partial charge in [-0.2, -0.15) is 0 Å². The van der Waals surface area contributed by atoms with Crippen molar-refractivity contribution in [2.24, 2.45) is 11.8 Å². The fourth-order valence-corrected chi connectivity index (χ4v) is 5.20. The molecule has 5 rings (SSSR count). The molecule has 28 heavy (non-hydrogen) atoms. The molecule has 5 nitrogen and oxygen atoms in total. The normalized spacial score (nSPS) is 32.0. The number of carbonyl (C=O) groups excluding carboxylic acids is 1. The molecule has 2 unspecified atom stereocenters. The number of nitrogens with zero attached hydrogens (tertiary/aromatic N) is 1. The summed E-state index contributed by atoms with van der Waals surface area (Å²) in [5.41, 5.74) is 2.42. The molecule has 0 N–H and O–H groups in total. The zero-order chi connectivity index (χ0) is 19.5. The van der Waals surface area contributed by atoms with Gasteiger partial charge in [-0.15, -0.1) is 0 Å². The number of carbonyl (C=O) groups is 1. The fraction of sp³-hybridized carbons (Fsp3) is 0.609. The largest absolute Gasteiger partial charge is 0.493 e. The number of benzene rings is 1. The minimum absolute atomic E-state index is 0.00390. The van der Waals surface area contributed by atoms with Crippen molar-refractivity contribution < 1.29 is 19.0 Å². The van der Waals surface area contributed by atoms with Gasteiger partial charge >= 0.3 is 5.97 Å². The van der Waals surface area contributed by atoms with Crippen LogP contribution in [-0.4, -0.2) is 43.8 Å². The monoisotopic (exact) mass is 383 g/mol. The second-order valence-corrected chi connectivity index (χ2v) is 8.96. The van der Waals surface area contributed by atoms with Crippen LogP contribution in [0.25, 0.3) is 0 Å². The lowest BCUT2D eigenvalue weighted by atomic mass is 9.69. The highest BCUT2D eigenvalue weighted by atomic mass is 16.6. The second kappa shape index (κ2) is 6.51. The van der Waals surface area contributed by atoms with E-state index in [2.05, 4.69) is 30.2 Å². The van der Waals surface area contributed by atoms with Crippen LogP contribution in [0.1, 0.15) is 43.7 Å². The third-order valence-corrected chi connectivity index (χ3v) is 7.10. The molecule has 2 heterocycles. The van der Waals surface area contributed by atoms with Crippen LogP contribution in [-0.2, 0) is 21.5 Å². The van der Waals surface area contributed by atoms with Gasteiger partial charge < -0.3 is 19.1 Å². The van der Waals surface area contributed by atoms with Crippen LogP contribution in [0.2, 0.25) is 0 Å². The highest BCUT2D eigenvalue weighted by Crippen LogP contribution is 2.55. The van der Waals surface area contributed by atoms with Gasteiger partial charge in [-0.05, 0) is 56.5 Å². The standard InChI is InChI=1S/C23H29NO4/c1-14(15-4-5-15)22(25)27-17-8-9-23-10-11-24(2)13-16-6-7-18(26-3)21(20(16)23)28-19(23)12-17/h6-9,14-15,17,19H,4-5,10-13H2,1-3H3/t14?,17-,19?,23-/m0/s1. The smallest absolute Gasteiger partial charge is 0.309 e. The summed E-state index contributed by atoms with van der Waals surface area (Å²) in [6.07, 6.45) is 8.11. The van der Waals surface area contributed by atoms with Crippen molar-refractivity contribution in [3.05, 3.63) is 35.4 Å². The van der Waals surface area contributed by atoms with Gasteiger partial charge in [-0.3, -0.25) is 4.79 Å². The Labute approximate surface area is 166 Å². The van der Waals surface area contributed by atoms with Gasteiger partial charge in [0.1, 0.15) is 12.2 Å². The minimum atomic E-state index is -0.214. The quantitative estimate of drug-likeness (QED) is 0.589. The number of methoxy groups -OCH3 is 1. The maximum absolute atomic E-state index is 12.5. The van der Waals surface area contributed by atoms with Crippen LogP contribution in [0.3, 0.4) is 0 Å². The molecule has 0 amide bonds. The number of esters is 1. The summed E-state index contributed by atoms with van der Waals surface area (Å²) < 4.78 is 18.0. The molecule has 0 saturated heterocycles. The van der Waals surface area contributed by atoms with Gasteiger partial charge in [0.05, 0.1) is 18.4 Å². The summed E-state index contributed by atoms with van der Waals surface area (Å²) in [7, 11) is 3.86. The molecule has 1 aromatic rings. The van der Waals surface area contributed by atoms with E-state index in [1.807, 2.05) is 13.0 Å². The molecule has 2 aliphatic heterocycles. The van der Waals surface area contributed by atoms with E-state index in [0.29, 0.717) is 12.3 Å². The Hall–Kier alpha value is -2.01. The Morgan fingerprint density at radius 3 is 2.93 bits per heavy atom. The van der Waals surface area contributed by atoms with E-state index in [1.165, 1.54) is 11.1 Å². The van der Waals surface area contributed by atoms with Crippen LogP contribution in [0.15, 0.2) is 24.3 Å². The number of rotatable bonds is 4. The van der Waals surface area contributed by atoms with E-state index < -0.39 is 0 Å². The Morgan fingerprint density at radius 1 is 1.36 bits per heavy atom. The second-order valence-electron chi connectivity index (χ2n) is 8.96. The fourth-order valence-electron chi connectivity index (χ4n) is 5.20. The molecule has 4 aliphatic rings. The lowest BCUT2D eigenvalue weighted by molar-refractivity contribution is -0.153. The Bertz CT molecular complexity index is 830. The molecule has 1 aromatic carbocycles. The van der Waals surface area contributed by atoms with Crippen molar-refractivity contribution in [2.45, 2.75) is 56.8 Å². The predicted molar refractivity (Wildman–Crippen MR) is 106 cm³/mol. The van der Waals surface area contributed by atoms with Crippen LogP contribution in [0.4, 0.5) is 0 Å². The molecule has 0 radical (unpaired) electrons. The summed E-state index contributed by atoms with van der Waals surface area (Å²) in [5, 5.41) is 0. The minimum Gasteiger partial charge on any atom is -0.493 e. The zero-order valence-electron chi connectivity index (χ0n) is 16.9. The summed E-state index contributed by atoms with van der Waals surface area (Å²) in [4.78, 5) is 14.9. The van der Waals surface area contributed by atoms with Gasteiger partial charge in [0.25, 0.3) is 0 Å². The molecule has 1 spiro atoms. The first-order valence-corrected chi connectivity index (χ1v) is 10.5. The van der Waals surface area contributed by atoms with E-state index >= 15 is 0 Å². The third-order valence-electron chi connectivity index (χ3n) is 7.10. The summed E-state index contributed by atoms with van der Waals surface area (Å²) in [6.45, 7) is 3.91. The number of hydrogen-bond acceptors (Lipinski definition) is 5. The maximum atomic E-state index is 12.5. The predicted octanol–water partition coefficient (Wildman–Crippen LogP) is 3.45. The average Bonchev–Trinajstić information content (AvgIpc) is 3.49. The molecule has 2 aliphatic carbocycles. The third kappa shape index (κ3) is 2.74. The summed E-state index contributed by atoms with van der Waals surface area (Å²) >= 11 is 0. The van der Waals surface area contributed by atoms with Gasteiger partial charge in [-0.25, -0.2) is 0 Å². The van der Waals surface area contributed by atoms with Gasteiger partial charge in [0.15, 0.2) is 11.5 Å².